The highest BCUT2D eigenvalue weighted by atomic mass is 19.1. The van der Waals surface area contributed by atoms with Crippen molar-refractivity contribution in [3.8, 4) is 0 Å². The number of rotatable bonds is 7. The Balaban J connectivity index is 2.49. The van der Waals surface area contributed by atoms with Crippen LogP contribution in [0, 0.1) is 5.82 Å². The molecule has 0 radical (unpaired) electrons. The average Bonchev–Trinajstić information content (AvgIpc) is 2.34. The van der Waals surface area contributed by atoms with Gasteiger partial charge in [-0.25, -0.2) is 4.39 Å². The fourth-order valence-corrected chi connectivity index (χ4v) is 1.82. The molecule has 0 aliphatic rings. The minimum Gasteiger partial charge on any atom is -0.395 e. The molecular weight excluding hydrogens is 219 g/mol. The van der Waals surface area contributed by atoms with Crippen molar-refractivity contribution < 1.29 is 9.50 Å². The summed E-state index contributed by atoms with van der Waals surface area (Å²) in [6, 6.07) is 6.33. The molecule has 1 unspecified atom stereocenters. The Hall–Kier alpha value is -0.970. The quantitative estimate of drug-likeness (QED) is 0.760. The van der Waals surface area contributed by atoms with Gasteiger partial charge in [-0.3, -0.25) is 0 Å². The molecule has 0 aromatic heterocycles. The smallest absolute Gasteiger partial charge is 0.127 e. The predicted molar refractivity (Wildman–Crippen MR) is 67.1 cm³/mol. The number of nitrogens with zero attached hydrogens (tertiary/aromatic N) is 1. The van der Waals surface area contributed by atoms with E-state index in [0.29, 0.717) is 18.5 Å². The largest absolute Gasteiger partial charge is 0.395 e. The molecule has 96 valence electrons. The Bertz CT molecular complexity index is 333. The van der Waals surface area contributed by atoms with Gasteiger partial charge in [0.2, 0.25) is 0 Å². The van der Waals surface area contributed by atoms with E-state index in [1.54, 1.807) is 18.2 Å². The van der Waals surface area contributed by atoms with Crippen LogP contribution < -0.4 is 5.73 Å². The first-order chi connectivity index (χ1) is 8.19. The molecule has 1 rings (SSSR count). The second-order valence-corrected chi connectivity index (χ2v) is 4.07. The maximum atomic E-state index is 13.5. The van der Waals surface area contributed by atoms with Crippen LogP contribution in [-0.4, -0.2) is 36.2 Å². The number of benzene rings is 1. The molecule has 3 N–H and O–H groups in total. The maximum absolute atomic E-state index is 13.5. The summed E-state index contributed by atoms with van der Waals surface area (Å²) in [6.07, 6.45) is 0.689. The third kappa shape index (κ3) is 4.42. The monoisotopic (exact) mass is 240 g/mol. The first kappa shape index (κ1) is 14.1. The van der Waals surface area contributed by atoms with Gasteiger partial charge in [-0.2, -0.15) is 0 Å². The lowest BCUT2D eigenvalue weighted by Crippen LogP contribution is -2.30. The number of aliphatic hydroxyl groups excluding tert-OH is 1. The van der Waals surface area contributed by atoms with E-state index in [9.17, 15) is 4.39 Å². The van der Waals surface area contributed by atoms with Gasteiger partial charge in [0.15, 0.2) is 0 Å². The zero-order valence-corrected chi connectivity index (χ0v) is 10.3. The summed E-state index contributed by atoms with van der Waals surface area (Å²) in [7, 11) is 0. The lowest BCUT2D eigenvalue weighted by Gasteiger charge is -2.21. The van der Waals surface area contributed by atoms with Crippen LogP contribution in [0.4, 0.5) is 4.39 Å². The first-order valence-corrected chi connectivity index (χ1v) is 6.02. The van der Waals surface area contributed by atoms with Crippen molar-refractivity contribution in [3.05, 3.63) is 35.6 Å². The molecule has 1 atom stereocenters. The van der Waals surface area contributed by atoms with E-state index < -0.39 is 0 Å². The molecule has 0 amide bonds. The van der Waals surface area contributed by atoms with Gasteiger partial charge in [0.05, 0.1) is 6.61 Å². The molecule has 1 aromatic rings. The predicted octanol–water partition coefficient (Wildman–Crippen LogP) is 1.53. The first-order valence-electron chi connectivity index (χ1n) is 6.02. The number of hydrogen-bond donors (Lipinski definition) is 2. The van der Waals surface area contributed by atoms with Crippen molar-refractivity contribution >= 4 is 0 Å². The number of likely N-dealkylation sites (N-methyl/N-ethyl adjacent to an activating group) is 1. The van der Waals surface area contributed by atoms with Crippen LogP contribution in [0.2, 0.25) is 0 Å². The molecule has 17 heavy (non-hydrogen) atoms. The SMILES string of the molecule is CCN(CCO)CCC(N)c1ccccc1F. The van der Waals surface area contributed by atoms with Gasteiger partial charge in [0, 0.05) is 24.7 Å². The molecule has 1 aromatic carbocycles. The third-order valence-corrected chi connectivity index (χ3v) is 2.92. The van der Waals surface area contributed by atoms with Gasteiger partial charge in [-0.15, -0.1) is 0 Å². The standard InChI is InChI=1S/C13H21FN2O/c1-2-16(9-10-17)8-7-13(15)11-5-3-4-6-12(11)14/h3-6,13,17H,2,7-10,15H2,1H3. The minimum absolute atomic E-state index is 0.142. The highest BCUT2D eigenvalue weighted by Crippen LogP contribution is 2.17. The van der Waals surface area contributed by atoms with Crippen LogP contribution in [0.15, 0.2) is 24.3 Å². The van der Waals surface area contributed by atoms with Crippen LogP contribution in [0.3, 0.4) is 0 Å². The summed E-state index contributed by atoms with van der Waals surface area (Å²) in [4.78, 5) is 2.10. The van der Waals surface area contributed by atoms with E-state index in [0.717, 1.165) is 13.1 Å². The van der Waals surface area contributed by atoms with E-state index in [-0.39, 0.29) is 18.5 Å². The Morgan fingerprint density at radius 1 is 1.35 bits per heavy atom. The van der Waals surface area contributed by atoms with Gasteiger partial charge in [0.1, 0.15) is 5.82 Å². The summed E-state index contributed by atoms with van der Waals surface area (Å²) < 4.78 is 13.5. The lowest BCUT2D eigenvalue weighted by atomic mass is 10.0. The molecule has 0 saturated carbocycles. The molecule has 0 saturated heterocycles. The van der Waals surface area contributed by atoms with E-state index in [1.165, 1.54) is 6.07 Å². The minimum atomic E-state index is -0.288. The van der Waals surface area contributed by atoms with Crippen LogP contribution in [0.1, 0.15) is 24.9 Å². The van der Waals surface area contributed by atoms with Gasteiger partial charge < -0.3 is 15.7 Å². The van der Waals surface area contributed by atoms with Crippen molar-refractivity contribution in [2.24, 2.45) is 5.73 Å². The van der Waals surface area contributed by atoms with Crippen molar-refractivity contribution in [2.75, 3.05) is 26.2 Å². The Labute approximate surface area is 102 Å². The normalized spacial score (nSPS) is 13.0. The summed E-state index contributed by atoms with van der Waals surface area (Å²) in [5.41, 5.74) is 6.53. The molecule has 4 heteroatoms. The Morgan fingerprint density at radius 2 is 2.06 bits per heavy atom. The van der Waals surface area contributed by atoms with Crippen LogP contribution in [-0.2, 0) is 0 Å². The molecule has 0 heterocycles. The molecule has 0 aliphatic heterocycles. The number of nitrogens with two attached hydrogens (primary N) is 1. The number of aliphatic hydroxyl groups is 1. The topological polar surface area (TPSA) is 49.5 Å². The second kappa shape index (κ2) is 7.37. The van der Waals surface area contributed by atoms with E-state index in [2.05, 4.69) is 4.90 Å². The van der Waals surface area contributed by atoms with Gasteiger partial charge >= 0.3 is 0 Å². The fraction of sp³-hybridized carbons (Fsp3) is 0.538. The second-order valence-electron chi connectivity index (χ2n) is 4.07. The average molecular weight is 240 g/mol. The summed E-state index contributed by atoms with van der Waals surface area (Å²) >= 11 is 0. The maximum Gasteiger partial charge on any atom is 0.127 e. The van der Waals surface area contributed by atoms with Crippen LogP contribution >= 0.6 is 0 Å². The lowest BCUT2D eigenvalue weighted by molar-refractivity contribution is 0.197. The highest BCUT2D eigenvalue weighted by molar-refractivity contribution is 5.20. The zero-order valence-electron chi connectivity index (χ0n) is 10.3. The highest BCUT2D eigenvalue weighted by Gasteiger charge is 2.12. The van der Waals surface area contributed by atoms with Crippen molar-refractivity contribution in [1.29, 1.82) is 0 Å². The van der Waals surface area contributed by atoms with E-state index >= 15 is 0 Å². The van der Waals surface area contributed by atoms with Crippen LogP contribution in [0.5, 0.6) is 0 Å². The fourth-order valence-electron chi connectivity index (χ4n) is 1.82. The van der Waals surface area contributed by atoms with Crippen molar-refractivity contribution in [1.82, 2.24) is 4.90 Å². The van der Waals surface area contributed by atoms with Gasteiger partial charge in [-0.05, 0) is 19.0 Å². The van der Waals surface area contributed by atoms with Gasteiger partial charge in [0.25, 0.3) is 0 Å². The molecule has 0 bridgehead atoms. The molecule has 0 spiro atoms. The van der Waals surface area contributed by atoms with Crippen molar-refractivity contribution in [2.45, 2.75) is 19.4 Å². The van der Waals surface area contributed by atoms with Gasteiger partial charge in [-0.1, -0.05) is 25.1 Å². The summed E-state index contributed by atoms with van der Waals surface area (Å²) in [6.45, 7) is 4.45. The molecular formula is C13H21FN2O. The van der Waals surface area contributed by atoms with E-state index in [4.69, 9.17) is 10.8 Å². The Morgan fingerprint density at radius 3 is 2.65 bits per heavy atom. The molecule has 0 aliphatic carbocycles. The molecule has 3 nitrogen and oxygen atoms in total. The third-order valence-electron chi connectivity index (χ3n) is 2.92. The zero-order chi connectivity index (χ0) is 12.7. The van der Waals surface area contributed by atoms with Crippen LogP contribution in [0.25, 0.3) is 0 Å². The summed E-state index contributed by atoms with van der Waals surface area (Å²) in [5, 5.41) is 8.86. The van der Waals surface area contributed by atoms with Crippen molar-refractivity contribution in [3.63, 3.8) is 0 Å². The van der Waals surface area contributed by atoms with E-state index in [1.807, 2.05) is 6.92 Å². The Kier molecular flexibility index (Phi) is 6.11. The number of hydrogen-bond acceptors (Lipinski definition) is 3. The number of halogens is 1. The molecule has 0 fully saturated rings. The summed E-state index contributed by atoms with van der Waals surface area (Å²) in [5.74, 6) is -0.245.